The lowest BCUT2D eigenvalue weighted by Crippen LogP contribution is -2.29. The summed E-state index contributed by atoms with van der Waals surface area (Å²) in [5, 5.41) is -0.283. The molecule has 1 aromatic rings. The van der Waals surface area contributed by atoms with Gasteiger partial charge in [0.25, 0.3) is 0 Å². The summed E-state index contributed by atoms with van der Waals surface area (Å²) in [6, 6.07) is 6.89. The third-order valence-corrected chi connectivity index (χ3v) is 5.50. The lowest BCUT2D eigenvalue weighted by atomic mass is 10.0. The monoisotopic (exact) mass is 298 g/mol. The molecule has 0 atom stereocenters. The van der Waals surface area contributed by atoms with E-state index in [1.165, 1.54) is 0 Å². The molecule has 6 heteroatoms. The lowest BCUT2D eigenvalue weighted by Gasteiger charge is -2.22. The topological polar surface area (TPSA) is 72.2 Å². The van der Waals surface area contributed by atoms with Crippen LogP contribution in [-0.4, -0.2) is 18.7 Å². The zero-order valence-corrected chi connectivity index (χ0v) is 12.3. The number of benzene rings is 1. The molecule has 4 nitrogen and oxygen atoms in total. The van der Waals surface area contributed by atoms with Crippen molar-refractivity contribution in [1.82, 2.24) is 0 Å². The molecule has 0 radical (unpaired) electrons. The van der Waals surface area contributed by atoms with Gasteiger partial charge in [-0.1, -0.05) is 43.6 Å². The minimum absolute atomic E-state index is 0.263. The lowest BCUT2D eigenvalue weighted by molar-refractivity contribution is 0.486. The third-order valence-electron chi connectivity index (χ3n) is 3.40. The molecule has 19 heavy (non-hydrogen) atoms. The Kier molecular flexibility index (Phi) is 4.42. The van der Waals surface area contributed by atoms with Crippen molar-refractivity contribution in [2.24, 2.45) is 5.73 Å². The summed E-state index contributed by atoms with van der Waals surface area (Å²) in [6.45, 7) is 0. The Morgan fingerprint density at radius 3 is 2.58 bits per heavy atom. The van der Waals surface area contributed by atoms with E-state index in [1.54, 1.807) is 24.3 Å². The Labute approximate surface area is 119 Å². The molecule has 1 aliphatic carbocycles. The normalized spacial score (nSPS) is 17.1. The predicted molar refractivity (Wildman–Crippen MR) is 81.7 cm³/mol. The van der Waals surface area contributed by atoms with Crippen LogP contribution in [-0.2, 0) is 10.0 Å². The molecule has 104 valence electrons. The fourth-order valence-corrected chi connectivity index (χ4v) is 4.06. The summed E-state index contributed by atoms with van der Waals surface area (Å²) in [5.74, 6) is 0. The Hall–Kier alpha value is -1.14. The average Bonchev–Trinajstić information content (AvgIpc) is 2.39. The van der Waals surface area contributed by atoms with E-state index in [1.807, 2.05) is 0 Å². The van der Waals surface area contributed by atoms with Crippen LogP contribution in [0.15, 0.2) is 24.3 Å². The Morgan fingerprint density at radius 2 is 1.95 bits per heavy atom. The van der Waals surface area contributed by atoms with Crippen LogP contribution in [0.1, 0.15) is 37.7 Å². The molecule has 0 unspecified atom stereocenters. The maximum atomic E-state index is 12.3. The number of hydrogen-bond acceptors (Lipinski definition) is 3. The van der Waals surface area contributed by atoms with Gasteiger partial charge in [-0.25, -0.2) is 8.42 Å². The maximum absolute atomic E-state index is 12.3. The molecule has 0 aliphatic heterocycles. The number of sulfonamides is 1. The van der Waals surface area contributed by atoms with Gasteiger partial charge >= 0.3 is 0 Å². The van der Waals surface area contributed by atoms with Gasteiger partial charge in [0, 0.05) is 11.3 Å². The first-order chi connectivity index (χ1) is 8.99. The summed E-state index contributed by atoms with van der Waals surface area (Å²) >= 11 is 4.89. The third kappa shape index (κ3) is 3.67. The number of nitrogens with two attached hydrogens (primary N) is 1. The second-order valence-electron chi connectivity index (χ2n) is 4.85. The first-order valence-electron chi connectivity index (χ1n) is 6.40. The van der Waals surface area contributed by atoms with Crippen LogP contribution in [0, 0.1) is 0 Å². The zero-order chi connectivity index (χ0) is 13.9. The number of rotatable bonds is 4. The van der Waals surface area contributed by atoms with Crippen molar-refractivity contribution >= 4 is 32.9 Å². The van der Waals surface area contributed by atoms with Crippen molar-refractivity contribution in [3.8, 4) is 0 Å². The second kappa shape index (κ2) is 5.88. The fraction of sp³-hybridized carbons (Fsp3) is 0.462. The van der Waals surface area contributed by atoms with Crippen LogP contribution >= 0.6 is 12.2 Å². The molecule has 0 heterocycles. The molecular formula is C13H18N2O2S2. The van der Waals surface area contributed by atoms with Gasteiger partial charge < -0.3 is 5.73 Å². The minimum atomic E-state index is -3.31. The summed E-state index contributed by atoms with van der Waals surface area (Å²) < 4.78 is 27.2. The van der Waals surface area contributed by atoms with E-state index < -0.39 is 10.0 Å². The highest BCUT2D eigenvalue weighted by atomic mass is 32.2. The summed E-state index contributed by atoms with van der Waals surface area (Å²) in [4.78, 5) is 0.263. The van der Waals surface area contributed by atoms with Crippen LogP contribution in [0.5, 0.6) is 0 Å². The first-order valence-corrected chi connectivity index (χ1v) is 8.36. The summed E-state index contributed by atoms with van der Waals surface area (Å²) in [5.41, 5.74) is 6.73. The van der Waals surface area contributed by atoms with Gasteiger partial charge in [-0.3, -0.25) is 4.72 Å². The highest BCUT2D eigenvalue weighted by Crippen LogP contribution is 2.25. The Morgan fingerprint density at radius 1 is 1.26 bits per heavy atom. The highest BCUT2D eigenvalue weighted by molar-refractivity contribution is 7.93. The molecule has 0 saturated heterocycles. The summed E-state index contributed by atoms with van der Waals surface area (Å²) in [7, 11) is -3.31. The van der Waals surface area contributed by atoms with Gasteiger partial charge in [-0.2, -0.15) is 0 Å². The fourth-order valence-electron chi connectivity index (χ4n) is 2.36. The van der Waals surface area contributed by atoms with Crippen LogP contribution in [0.25, 0.3) is 0 Å². The first kappa shape index (κ1) is 14.3. The van der Waals surface area contributed by atoms with Crippen molar-refractivity contribution in [3.05, 3.63) is 29.8 Å². The molecule has 1 aromatic carbocycles. The molecule has 0 bridgehead atoms. The minimum Gasteiger partial charge on any atom is -0.389 e. The molecule has 0 aromatic heterocycles. The molecule has 0 amide bonds. The van der Waals surface area contributed by atoms with Gasteiger partial charge in [0.1, 0.15) is 4.99 Å². The average molecular weight is 298 g/mol. The second-order valence-corrected chi connectivity index (χ2v) is 7.25. The van der Waals surface area contributed by atoms with Crippen LogP contribution < -0.4 is 10.5 Å². The summed E-state index contributed by atoms with van der Waals surface area (Å²) in [6.07, 6.45) is 4.58. The molecule has 1 saturated carbocycles. The van der Waals surface area contributed by atoms with Gasteiger partial charge in [0.2, 0.25) is 10.0 Å². The van der Waals surface area contributed by atoms with Crippen molar-refractivity contribution in [2.75, 3.05) is 4.72 Å². The molecule has 3 N–H and O–H groups in total. The largest absolute Gasteiger partial charge is 0.389 e. The standard InChI is InChI=1S/C13H18N2O2S2/c14-13(18)10-5-4-6-11(9-10)15-19(16,17)12-7-2-1-3-8-12/h4-6,9,12,15H,1-3,7-8H2,(H2,14,18). The SMILES string of the molecule is NC(=S)c1cccc(NS(=O)(=O)C2CCCCC2)c1. The van der Waals surface area contributed by atoms with E-state index in [0.717, 1.165) is 32.1 Å². The van der Waals surface area contributed by atoms with E-state index >= 15 is 0 Å². The zero-order valence-electron chi connectivity index (χ0n) is 10.6. The van der Waals surface area contributed by atoms with Gasteiger partial charge in [0.15, 0.2) is 0 Å². The van der Waals surface area contributed by atoms with E-state index in [2.05, 4.69) is 4.72 Å². The molecule has 2 rings (SSSR count). The molecule has 0 spiro atoms. The number of thiocarbonyl (C=S) groups is 1. The number of nitrogens with one attached hydrogen (secondary N) is 1. The van der Waals surface area contributed by atoms with E-state index in [-0.39, 0.29) is 10.2 Å². The van der Waals surface area contributed by atoms with Crippen molar-refractivity contribution in [2.45, 2.75) is 37.4 Å². The smallest absolute Gasteiger partial charge is 0.235 e. The maximum Gasteiger partial charge on any atom is 0.235 e. The molecule has 1 fully saturated rings. The van der Waals surface area contributed by atoms with E-state index in [4.69, 9.17) is 18.0 Å². The Bertz CT molecular complexity index is 564. The number of hydrogen-bond donors (Lipinski definition) is 2. The quantitative estimate of drug-likeness (QED) is 0.837. The molecule has 1 aliphatic rings. The van der Waals surface area contributed by atoms with Crippen LogP contribution in [0.2, 0.25) is 0 Å². The molecular weight excluding hydrogens is 280 g/mol. The van der Waals surface area contributed by atoms with Crippen LogP contribution in [0.3, 0.4) is 0 Å². The van der Waals surface area contributed by atoms with E-state index in [0.29, 0.717) is 11.3 Å². The van der Waals surface area contributed by atoms with Crippen molar-refractivity contribution in [3.63, 3.8) is 0 Å². The van der Waals surface area contributed by atoms with Gasteiger partial charge in [-0.15, -0.1) is 0 Å². The van der Waals surface area contributed by atoms with Crippen molar-refractivity contribution < 1.29 is 8.42 Å². The Balaban J connectivity index is 2.15. The van der Waals surface area contributed by atoms with Gasteiger partial charge in [0.05, 0.1) is 5.25 Å². The number of anilines is 1. The van der Waals surface area contributed by atoms with Crippen molar-refractivity contribution in [1.29, 1.82) is 0 Å². The van der Waals surface area contributed by atoms with Crippen LogP contribution in [0.4, 0.5) is 5.69 Å². The predicted octanol–water partition coefficient (Wildman–Crippen LogP) is 2.40. The van der Waals surface area contributed by atoms with E-state index in [9.17, 15) is 8.42 Å². The highest BCUT2D eigenvalue weighted by Gasteiger charge is 2.27. The van der Waals surface area contributed by atoms with Gasteiger partial charge in [-0.05, 0) is 25.0 Å².